The molecule has 2 fully saturated rings. The summed E-state index contributed by atoms with van der Waals surface area (Å²) in [4.78, 5) is 12.2. The van der Waals surface area contributed by atoms with Crippen LogP contribution in [-0.2, 0) is 20.0 Å². The molecule has 1 saturated carbocycles. The van der Waals surface area contributed by atoms with Gasteiger partial charge in [0.05, 0.1) is 17.3 Å². The highest BCUT2D eigenvalue weighted by Gasteiger charge is 2.36. The van der Waals surface area contributed by atoms with Gasteiger partial charge in [0, 0.05) is 17.2 Å². The zero-order valence-corrected chi connectivity index (χ0v) is 15.5. The van der Waals surface area contributed by atoms with Gasteiger partial charge in [-0.1, -0.05) is 43.2 Å². The van der Waals surface area contributed by atoms with Crippen LogP contribution in [0.2, 0.25) is 0 Å². The number of nitrogens with one attached hydrogen (secondary N) is 1. The molecule has 1 N–H and O–H groups in total. The Morgan fingerprint density at radius 3 is 2.54 bits per heavy atom. The van der Waals surface area contributed by atoms with Gasteiger partial charge in [-0.15, -0.1) is 11.8 Å². The van der Waals surface area contributed by atoms with Crippen LogP contribution in [0.5, 0.6) is 0 Å². The molecule has 1 amide bonds. The van der Waals surface area contributed by atoms with Gasteiger partial charge in [-0.25, -0.2) is 8.42 Å². The number of amides is 1. The predicted octanol–water partition coefficient (Wildman–Crippen LogP) is 2.53. The summed E-state index contributed by atoms with van der Waals surface area (Å²) >= 11 is 1.48. The number of benzene rings is 1. The molecule has 1 aromatic carbocycles. The second-order valence-electron chi connectivity index (χ2n) is 6.97. The monoisotopic (exact) mass is 367 g/mol. The van der Waals surface area contributed by atoms with Crippen molar-refractivity contribution >= 4 is 27.5 Å². The number of sulfone groups is 1. The van der Waals surface area contributed by atoms with E-state index in [1.54, 1.807) is 0 Å². The van der Waals surface area contributed by atoms with Gasteiger partial charge < -0.3 is 5.32 Å². The Hall–Kier alpha value is -1.01. The molecule has 3 rings (SSSR count). The zero-order chi connectivity index (χ0) is 17.0. The fourth-order valence-electron chi connectivity index (χ4n) is 3.82. The van der Waals surface area contributed by atoms with Crippen molar-refractivity contribution in [2.75, 3.05) is 23.8 Å². The number of hydrogen-bond donors (Lipinski definition) is 1. The summed E-state index contributed by atoms with van der Waals surface area (Å²) < 4.78 is 22.9. The van der Waals surface area contributed by atoms with Crippen molar-refractivity contribution < 1.29 is 13.2 Å². The largest absolute Gasteiger partial charge is 0.354 e. The van der Waals surface area contributed by atoms with Gasteiger partial charge in [-0.3, -0.25) is 4.79 Å². The number of rotatable bonds is 6. The molecule has 4 nitrogen and oxygen atoms in total. The molecule has 1 aromatic rings. The maximum absolute atomic E-state index is 12.2. The SMILES string of the molecule is O=C(CS[C@H]1CCS(=O)(=O)C1)NCC1(c2ccccc2)CCCC1. The molecule has 1 saturated heterocycles. The van der Waals surface area contributed by atoms with Gasteiger partial charge >= 0.3 is 0 Å². The van der Waals surface area contributed by atoms with E-state index in [4.69, 9.17) is 0 Å². The number of carbonyl (C=O) groups excluding carboxylic acids is 1. The average molecular weight is 368 g/mol. The number of hydrogen-bond acceptors (Lipinski definition) is 4. The Balaban J connectivity index is 1.51. The molecular weight excluding hydrogens is 342 g/mol. The summed E-state index contributed by atoms with van der Waals surface area (Å²) in [6, 6.07) is 10.5. The first-order valence-corrected chi connectivity index (χ1v) is 11.5. The number of carbonyl (C=O) groups is 1. The van der Waals surface area contributed by atoms with Crippen LogP contribution in [0, 0.1) is 0 Å². The Morgan fingerprint density at radius 2 is 1.92 bits per heavy atom. The molecule has 132 valence electrons. The van der Waals surface area contributed by atoms with E-state index >= 15 is 0 Å². The van der Waals surface area contributed by atoms with Crippen molar-refractivity contribution in [3.8, 4) is 0 Å². The van der Waals surface area contributed by atoms with Crippen molar-refractivity contribution in [1.82, 2.24) is 5.32 Å². The van der Waals surface area contributed by atoms with Crippen molar-refractivity contribution in [3.63, 3.8) is 0 Å². The van der Waals surface area contributed by atoms with E-state index in [0.29, 0.717) is 18.7 Å². The zero-order valence-electron chi connectivity index (χ0n) is 13.9. The summed E-state index contributed by atoms with van der Waals surface area (Å²) in [6.07, 6.45) is 5.32. The van der Waals surface area contributed by atoms with Gasteiger partial charge in [-0.05, 0) is 24.8 Å². The highest BCUT2D eigenvalue weighted by atomic mass is 32.2. The minimum atomic E-state index is -2.87. The van der Waals surface area contributed by atoms with Gasteiger partial charge in [0.15, 0.2) is 9.84 Å². The maximum atomic E-state index is 12.2. The molecule has 1 atom stereocenters. The summed E-state index contributed by atoms with van der Waals surface area (Å²) in [5.41, 5.74) is 1.38. The molecule has 1 aliphatic heterocycles. The lowest BCUT2D eigenvalue weighted by Crippen LogP contribution is -2.39. The van der Waals surface area contributed by atoms with E-state index < -0.39 is 9.84 Å². The van der Waals surface area contributed by atoms with E-state index in [9.17, 15) is 13.2 Å². The van der Waals surface area contributed by atoms with Gasteiger partial charge in [0.25, 0.3) is 0 Å². The van der Waals surface area contributed by atoms with Crippen molar-refractivity contribution in [1.29, 1.82) is 0 Å². The van der Waals surface area contributed by atoms with Crippen molar-refractivity contribution in [3.05, 3.63) is 35.9 Å². The maximum Gasteiger partial charge on any atom is 0.230 e. The Morgan fingerprint density at radius 1 is 1.21 bits per heavy atom. The quantitative estimate of drug-likeness (QED) is 0.839. The van der Waals surface area contributed by atoms with Gasteiger partial charge in [0.2, 0.25) is 5.91 Å². The fraction of sp³-hybridized carbons (Fsp3) is 0.611. The minimum Gasteiger partial charge on any atom is -0.354 e. The van der Waals surface area contributed by atoms with Crippen LogP contribution in [-0.4, -0.2) is 43.4 Å². The molecule has 24 heavy (non-hydrogen) atoms. The molecule has 0 unspecified atom stereocenters. The second kappa shape index (κ2) is 7.48. The first kappa shape index (κ1) is 17.8. The molecular formula is C18H25NO3S2. The van der Waals surface area contributed by atoms with Crippen LogP contribution in [0.15, 0.2) is 30.3 Å². The summed E-state index contributed by atoms with van der Waals surface area (Å²) in [6.45, 7) is 0.680. The van der Waals surface area contributed by atoms with E-state index in [2.05, 4.69) is 29.6 Å². The van der Waals surface area contributed by atoms with Crippen LogP contribution in [0.3, 0.4) is 0 Å². The lowest BCUT2D eigenvalue weighted by atomic mass is 9.79. The molecule has 6 heteroatoms. The Bertz CT molecular complexity index is 667. The Labute approximate surface area is 148 Å². The highest BCUT2D eigenvalue weighted by Crippen LogP contribution is 2.40. The average Bonchev–Trinajstić information content (AvgIpc) is 3.19. The van der Waals surface area contributed by atoms with Crippen molar-refractivity contribution in [2.45, 2.75) is 42.8 Å². The molecule has 0 spiro atoms. The molecule has 0 bridgehead atoms. The van der Waals surface area contributed by atoms with Crippen LogP contribution < -0.4 is 5.32 Å². The molecule has 0 aromatic heterocycles. The highest BCUT2D eigenvalue weighted by molar-refractivity contribution is 8.02. The molecule has 1 aliphatic carbocycles. The second-order valence-corrected chi connectivity index (χ2v) is 10.5. The van der Waals surface area contributed by atoms with E-state index in [1.165, 1.54) is 30.2 Å². The first-order valence-electron chi connectivity index (χ1n) is 8.63. The van der Waals surface area contributed by atoms with E-state index in [0.717, 1.165) is 12.8 Å². The Kier molecular flexibility index (Phi) is 5.55. The third-order valence-corrected chi connectivity index (χ3v) is 8.49. The molecule has 0 radical (unpaired) electrons. The molecule has 1 heterocycles. The third-order valence-electron chi connectivity index (χ3n) is 5.21. The topological polar surface area (TPSA) is 63.2 Å². The van der Waals surface area contributed by atoms with E-state index in [-0.39, 0.29) is 28.1 Å². The fourth-order valence-corrected chi connectivity index (χ4v) is 7.29. The molecule has 2 aliphatic rings. The standard InChI is InChI=1S/C18H25NO3S2/c20-17(12-23-16-8-11-24(21,22)13-16)19-14-18(9-4-5-10-18)15-6-2-1-3-7-15/h1-3,6-7,16H,4-5,8-14H2,(H,19,20)/t16-/m0/s1. The van der Waals surface area contributed by atoms with Crippen LogP contribution in [0.4, 0.5) is 0 Å². The summed E-state index contributed by atoms with van der Waals surface area (Å²) in [5.74, 6) is 0.861. The van der Waals surface area contributed by atoms with Crippen LogP contribution >= 0.6 is 11.8 Å². The van der Waals surface area contributed by atoms with Gasteiger partial charge in [-0.2, -0.15) is 0 Å². The van der Waals surface area contributed by atoms with E-state index in [1.807, 2.05) is 6.07 Å². The first-order chi connectivity index (χ1) is 11.5. The smallest absolute Gasteiger partial charge is 0.230 e. The van der Waals surface area contributed by atoms with Gasteiger partial charge in [0.1, 0.15) is 0 Å². The number of thioether (sulfide) groups is 1. The third kappa shape index (κ3) is 4.33. The minimum absolute atomic E-state index is 0.0199. The van der Waals surface area contributed by atoms with Crippen LogP contribution in [0.25, 0.3) is 0 Å². The lowest BCUT2D eigenvalue weighted by molar-refractivity contribution is -0.118. The predicted molar refractivity (Wildman–Crippen MR) is 99.1 cm³/mol. The summed E-state index contributed by atoms with van der Waals surface area (Å²) in [7, 11) is -2.87. The van der Waals surface area contributed by atoms with Crippen LogP contribution in [0.1, 0.15) is 37.7 Å². The van der Waals surface area contributed by atoms with Crippen molar-refractivity contribution in [2.24, 2.45) is 0 Å². The lowest BCUT2D eigenvalue weighted by Gasteiger charge is -2.30. The summed E-state index contributed by atoms with van der Waals surface area (Å²) in [5, 5.41) is 3.18. The normalized spacial score (nSPS) is 24.8.